The zero-order chi connectivity index (χ0) is 16.6. The molecular formula is C18H25IN4OS. The number of ether oxygens (including phenoxy) is 1. The number of benzene rings is 1. The molecule has 0 radical (unpaired) electrons. The molecule has 136 valence electrons. The maximum Gasteiger partial charge on any atom is 0.191 e. The molecule has 1 aliphatic heterocycles. The van der Waals surface area contributed by atoms with E-state index in [1.54, 1.807) is 18.4 Å². The molecule has 5 nitrogen and oxygen atoms in total. The predicted octanol–water partition coefficient (Wildman–Crippen LogP) is 3.07. The van der Waals surface area contributed by atoms with Crippen molar-refractivity contribution in [2.75, 3.05) is 38.3 Å². The second kappa shape index (κ2) is 10.6. The van der Waals surface area contributed by atoms with Gasteiger partial charge in [-0.15, -0.1) is 35.3 Å². The van der Waals surface area contributed by atoms with Crippen LogP contribution in [0.5, 0.6) is 0 Å². The molecule has 3 rings (SSSR count). The van der Waals surface area contributed by atoms with E-state index in [4.69, 9.17) is 4.74 Å². The first kappa shape index (κ1) is 20.0. The first-order chi connectivity index (χ1) is 11.9. The molecule has 0 aliphatic carbocycles. The molecule has 25 heavy (non-hydrogen) atoms. The van der Waals surface area contributed by atoms with Crippen LogP contribution < -0.4 is 15.5 Å². The molecule has 2 N–H and O–H groups in total. The maximum absolute atomic E-state index is 5.46. The molecule has 1 saturated heterocycles. The van der Waals surface area contributed by atoms with Crippen molar-refractivity contribution in [3.8, 4) is 0 Å². The molecule has 0 unspecified atom stereocenters. The van der Waals surface area contributed by atoms with Gasteiger partial charge in [-0.3, -0.25) is 4.99 Å². The number of morpholine rings is 1. The number of thiophene rings is 1. The quantitative estimate of drug-likeness (QED) is 0.399. The average molecular weight is 472 g/mol. The lowest BCUT2D eigenvalue weighted by Crippen LogP contribution is -2.38. The highest BCUT2D eigenvalue weighted by molar-refractivity contribution is 14.0. The molecule has 0 saturated carbocycles. The zero-order valence-corrected chi connectivity index (χ0v) is 17.6. The van der Waals surface area contributed by atoms with Gasteiger partial charge in [-0.1, -0.05) is 24.3 Å². The lowest BCUT2D eigenvalue weighted by molar-refractivity contribution is 0.122. The van der Waals surface area contributed by atoms with Crippen molar-refractivity contribution in [1.29, 1.82) is 0 Å². The molecule has 0 amide bonds. The van der Waals surface area contributed by atoms with Crippen LogP contribution in [-0.4, -0.2) is 39.3 Å². The normalized spacial score (nSPS) is 14.8. The largest absolute Gasteiger partial charge is 0.378 e. The minimum absolute atomic E-state index is 0. The van der Waals surface area contributed by atoms with E-state index >= 15 is 0 Å². The smallest absolute Gasteiger partial charge is 0.191 e. The van der Waals surface area contributed by atoms with Crippen LogP contribution in [0.4, 0.5) is 5.69 Å². The summed E-state index contributed by atoms with van der Waals surface area (Å²) in [5.41, 5.74) is 2.56. The second-order valence-corrected chi connectivity index (χ2v) is 6.62. The Bertz CT molecular complexity index is 657. The summed E-state index contributed by atoms with van der Waals surface area (Å²) in [6.07, 6.45) is 0. The number of guanidine groups is 1. The van der Waals surface area contributed by atoms with Crippen LogP contribution in [0, 0.1) is 0 Å². The van der Waals surface area contributed by atoms with Crippen LogP contribution in [0.2, 0.25) is 0 Å². The van der Waals surface area contributed by atoms with E-state index in [1.807, 2.05) is 0 Å². The third-order valence-electron chi connectivity index (χ3n) is 4.02. The topological polar surface area (TPSA) is 48.9 Å². The number of nitrogens with zero attached hydrogens (tertiary/aromatic N) is 2. The van der Waals surface area contributed by atoms with Crippen molar-refractivity contribution in [2.45, 2.75) is 13.1 Å². The highest BCUT2D eigenvalue weighted by Crippen LogP contribution is 2.21. The SMILES string of the molecule is CN=C(NCc1cccs1)NCc1ccccc1N1CCOCC1.I. The van der Waals surface area contributed by atoms with Crippen LogP contribution in [-0.2, 0) is 17.8 Å². The monoisotopic (exact) mass is 472 g/mol. The zero-order valence-electron chi connectivity index (χ0n) is 14.4. The third kappa shape index (κ3) is 5.86. The van der Waals surface area contributed by atoms with Crippen LogP contribution in [0.1, 0.15) is 10.4 Å². The van der Waals surface area contributed by atoms with Crippen LogP contribution in [0.3, 0.4) is 0 Å². The fraction of sp³-hybridized carbons (Fsp3) is 0.389. The van der Waals surface area contributed by atoms with Crippen molar-refractivity contribution in [3.63, 3.8) is 0 Å². The molecule has 1 aliphatic rings. The number of halogens is 1. The Kier molecular flexibility index (Phi) is 8.50. The highest BCUT2D eigenvalue weighted by Gasteiger charge is 2.14. The van der Waals surface area contributed by atoms with Gasteiger partial charge in [-0.2, -0.15) is 0 Å². The van der Waals surface area contributed by atoms with E-state index in [9.17, 15) is 0 Å². The molecule has 2 aromatic rings. The van der Waals surface area contributed by atoms with Gasteiger partial charge in [-0.25, -0.2) is 0 Å². The Morgan fingerprint density at radius 2 is 1.88 bits per heavy atom. The van der Waals surface area contributed by atoms with E-state index in [0.29, 0.717) is 0 Å². The summed E-state index contributed by atoms with van der Waals surface area (Å²) in [6.45, 7) is 5.03. The number of nitrogens with one attached hydrogen (secondary N) is 2. The lowest BCUT2D eigenvalue weighted by atomic mass is 10.1. The molecule has 2 heterocycles. The van der Waals surface area contributed by atoms with Crippen molar-refractivity contribution in [3.05, 3.63) is 52.2 Å². The first-order valence-electron chi connectivity index (χ1n) is 8.24. The Morgan fingerprint density at radius 3 is 2.60 bits per heavy atom. The fourth-order valence-corrected chi connectivity index (χ4v) is 3.40. The molecule has 0 atom stereocenters. The molecular weight excluding hydrogens is 447 g/mol. The molecule has 1 aromatic carbocycles. The van der Waals surface area contributed by atoms with E-state index in [0.717, 1.165) is 45.4 Å². The van der Waals surface area contributed by atoms with Gasteiger partial charge in [0.1, 0.15) is 0 Å². The number of hydrogen-bond donors (Lipinski definition) is 2. The van der Waals surface area contributed by atoms with Crippen LogP contribution in [0.15, 0.2) is 46.8 Å². The number of para-hydroxylation sites is 1. The first-order valence-corrected chi connectivity index (χ1v) is 9.12. The van der Waals surface area contributed by atoms with Gasteiger partial charge in [0.25, 0.3) is 0 Å². The van der Waals surface area contributed by atoms with Gasteiger partial charge in [-0.05, 0) is 23.1 Å². The van der Waals surface area contributed by atoms with Crippen molar-refractivity contribution >= 4 is 47.0 Å². The number of rotatable bonds is 5. The van der Waals surface area contributed by atoms with Crippen LogP contribution >= 0.6 is 35.3 Å². The van der Waals surface area contributed by atoms with Gasteiger partial charge >= 0.3 is 0 Å². The maximum atomic E-state index is 5.46. The van der Waals surface area contributed by atoms with E-state index < -0.39 is 0 Å². The van der Waals surface area contributed by atoms with Gasteiger partial charge in [0, 0.05) is 37.2 Å². The van der Waals surface area contributed by atoms with Gasteiger partial charge < -0.3 is 20.3 Å². The molecule has 0 spiro atoms. The van der Waals surface area contributed by atoms with E-state index in [1.165, 1.54) is 16.1 Å². The summed E-state index contributed by atoms with van der Waals surface area (Å²) in [4.78, 5) is 8.00. The Balaban J connectivity index is 0.00000225. The highest BCUT2D eigenvalue weighted by atomic mass is 127. The van der Waals surface area contributed by atoms with Crippen LogP contribution in [0.25, 0.3) is 0 Å². The predicted molar refractivity (Wildman–Crippen MR) is 116 cm³/mol. The standard InChI is InChI=1S/C18H24N4OS.HI/c1-19-18(21-14-16-6-4-12-24-16)20-13-15-5-2-3-7-17(15)22-8-10-23-11-9-22;/h2-7,12H,8-11,13-14H2,1H3,(H2,19,20,21);1H. The summed E-state index contributed by atoms with van der Waals surface area (Å²) >= 11 is 1.75. The van der Waals surface area contributed by atoms with Gasteiger partial charge in [0.2, 0.25) is 0 Å². The number of anilines is 1. The van der Waals surface area contributed by atoms with Crippen molar-refractivity contribution in [2.24, 2.45) is 4.99 Å². The van der Waals surface area contributed by atoms with Gasteiger partial charge in [0.15, 0.2) is 5.96 Å². The van der Waals surface area contributed by atoms with Crippen molar-refractivity contribution < 1.29 is 4.74 Å². The van der Waals surface area contributed by atoms with E-state index in [2.05, 4.69) is 62.3 Å². The van der Waals surface area contributed by atoms with E-state index in [-0.39, 0.29) is 24.0 Å². The minimum Gasteiger partial charge on any atom is -0.378 e. The molecule has 1 aromatic heterocycles. The summed E-state index contributed by atoms with van der Waals surface area (Å²) in [5.74, 6) is 0.820. The molecule has 0 bridgehead atoms. The number of aliphatic imine (C=N–C) groups is 1. The third-order valence-corrected chi connectivity index (χ3v) is 4.90. The fourth-order valence-electron chi connectivity index (χ4n) is 2.76. The Morgan fingerprint density at radius 1 is 1.12 bits per heavy atom. The molecule has 7 heteroatoms. The lowest BCUT2D eigenvalue weighted by Gasteiger charge is -2.30. The van der Waals surface area contributed by atoms with Gasteiger partial charge in [0.05, 0.1) is 19.8 Å². The molecule has 1 fully saturated rings. The number of hydrogen-bond acceptors (Lipinski definition) is 4. The summed E-state index contributed by atoms with van der Waals surface area (Å²) in [6, 6.07) is 12.7. The summed E-state index contributed by atoms with van der Waals surface area (Å²) in [7, 11) is 1.80. The second-order valence-electron chi connectivity index (χ2n) is 5.59. The Labute approximate surface area is 170 Å². The summed E-state index contributed by atoms with van der Waals surface area (Å²) in [5, 5.41) is 8.86. The van der Waals surface area contributed by atoms with Crippen molar-refractivity contribution in [1.82, 2.24) is 10.6 Å². The average Bonchev–Trinajstić information content (AvgIpc) is 3.16. The minimum atomic E-state index is 0. The Hall–Kier alpha value is -1.32. The summed E-state index contributed by atoms with van der Waals surface area (Å²) < 4.78 is 5.46.